The van der Waals surface area contributed by atoms with Crippen LogP contribution in [0.3, 0.4) is 0 Å². The van der Waals surface area contributed by atoms with Crippen molar-refractivity contribution in [1.82, 2.24) is 0 Å². The maximum Gasteiger partial charge on any atom is 0.335 e. The van der Waals surface area contributed by atoms with Crippen LogP contribution in [-0.4, -0.2) is 11.1 Å². The summed E-state index contributed by atoms with van der Waals surface area (Å²) in [6.45, 7) is 2.55. The van der Waals surface area contributed by atoms with Crippen LogP contribution in [-0.2, 0) is 13.0 Å². The molecule has 0 aliphatic rings. The van der Waals surface area contributed by atoms with Gasteiger partial charge in [0.2, 0.25) is 0 Å². The SMILES string of the molecule is CCc1ccc(COc2ccc(C(=O)O)cc2Cl)s1. The number of thiophene rings is 1. The van der Waals surface area contributed by atoms with Crippen molar-refractivity contribution in [3.8, 4) is 5.75 Å². The summed E-state index contributed by atoms with van der Waals surface area (Å²) >= 11 is 7.69. The highest BCUT2D eigenvalue weighted by Crippen LogP contribution is 2.27. The van der Waals surface area contributed by atoms with Crippen molar-refractivity contribution in [2.24, 2.45) is 0 Å². The second kappa shape index (κ2) is 6.08. The number of hydrogen-bond acceptors (Lipinski definition) is 3. The molecule has 3 nitrogen and oxygen atoms in total. The average molecular weight is 297 g/mol. The molecule has 1 N–H and O–H groups in total. The summed E-state index contributed by atoms with van der Waals surface area (Å²) in [6.07, 6.45) is 1.01. The van der Waals surface area contributed by atoms with Crippen LogP contribution in [0.15, 0.2) is 30.3 Å². The largest absolute Gasteiger partial charge is 0.487 e. The Balaban J connectivity index is 2.05. The lowest BCUT2D eigenvalue weighted by molar-refractivity contribution is 0.0697. The second-order valence-electron chi connectivity index (χ2n) is 3.96. The number of halogens is 1. The molecular weight excluding hydrogens is 284 g/mol. The normalized spacial score (nSPS) is 10.4. The van der Waals surface area contributed by atoms with Gasteiger partial charge in [-0.2, -0.15) is 0 Å². The van der Waals surface area contributed by atoms with E-state index in [0.717, 1.165) is 11.3 Å². The molecule has 0 amide bonds. The zero-order valence-electron chi connectivity index (χ0n) is 10.4. The minimum absolute atomic E-state index is 0.154. The molecule has 0 radical (unpaired) electrons. The van der Waals surface area contributed by atoms with E-state index in [1.165, 1.54) is 17.0 Å². The summed E-state index contributed by atoms with van der Waals surface area (Å²) in [5.41, 5.74) is 0.154. The second-order valence-corrected chi connectivity index (χ2v) is 5.62. The van der Waals surface area contributed by atoms with Crippen molar-refractivity contribution in [2.75, 3.05) is 0 Å². The molecule has 1 heterocycles. The van der Waals surface area contributed by atoms with Gasteiger partial charge < -0.3 is 9.84 Å². The summed E-state index contributed by atoms with van der Waals surface area (Å²) in [4.78, 5) is 13.2. The highest BCUT2D eigenvalue weighted by atomic mass is 35.5. The zero-order valence-corrected chi connectivity index (χ0v) is 11.9. The van der Waals surface area contributed by atoms with Crippen LogP contribution in [0.25, 0.3) is 0 Å². The van der Waals surface area contributed by atoms with Gasteiger partial charge in [0.05, 0.1) is 10.6 Å². The molecular formula is C14H13ClO3S. The van der Waals surface area contributed by atoms with Gasteiger partial charge in [-0.3, -0.25) is 0 Å². The molecule has 2 aromatic rings. The third kappa shape index (κ3) is 3.49. The van der Waals surface area contributed by atoms with Gasteiger partial charge in [0, 0.05) is 9.75 Å². The van der Waals surface area contributed by atoms with Gasteiger partial charge in [-0.1, -0.05) is 18.5 Å². The lowest BCUT2D eigenvalue weighted by Gasteiger charge is -2.07. The van der Waals surface area contributed by atoms with E-state index in [1.807, 2.05) is 6.07 Å². The molecule has 100 valence electrons. The Morgan fingerprint density at radius 1 is 1.32 bits per heavy atom. The highest BCUT2D eigenvalue weighted by Gasteiger charge is 2.08. The Morgan fingerprint density at radius 3 is 2.63 bits per heavy atom. The zero-order chi connectivity index (χ0) is 13.8. The van der Waals surface area contributed by atoms with Gasteiger partial charge in [0.1, 0.15) is 12.4 Å². The fourth-order valence-electron chi connectivity index (χ4n) is 1.59. The van der Waals surface area contributed by atoms with Crippen LogP contribution in [0.2, 0.25) is 5.02 Å². The molecule has 0 aliphatic heterocycles. The third-order valence-corrected chi connectivity index (χ3v) is 4.11. The van der Waals surface area contributed by atoms with Gasteiger partial charge in [-0.15, -0.1) is 11.3 Å². The number of rotatable bonds is 5. The molecule has 0 saturated heterocycles. The van der Waals surface area contributed by atoms with E-state index in [2.05, 4.69) is 13.0 Å². The molecule has 0 bridgehead atoms. The fourth-order valence-corrected chi connectivity index (χ4v) is 2.70. The van der Waals surface area contributed by atoms with Crippen molar-refractivity contribution in [3.05, 3.63) is 50.7 Å². The molecule has 5 heteroatoms. The number of hydrogen-bond donors (Lipinski definition) is 1. The molecule has 0 atom stereocenters. The van der Waals surface area contributed by atoms with Crippen LogP contribution in [0.4, 0.5) is 0 Å². The molecule has 0 fully saturated rings. The first-order valence-electron chi connectivity index (χ1n) is 5.83. The Morgan fingerprint density at radius 2 is 2.05 bits per heavy atom. The minimum Gasteiger partial charge on any atom is -0.487 e. The molecule has 0 spiro atoms. The van der Waals surface area contributed by atoms with E-state index < -0.39 is 5.97 Å². The van der Waals surface area contributed by atoms with E-state index in [0.29, 0.717) is 17.4 Å². The first kappa shape index (κ1) is 13.9. The van der Waals surface area contributed by atoms with Crippen molar-refractivity contribution >= 4 is 28.9 Å². The van der Waals surface area contributed by atoms with Crippen molar-refractivity contribution < 1.29 is 14.6 Å². The fraction of sp³-hybridized carbons (Fsp3) is 0.214. The Kier molecular flexibility index (Phi) is 4.45. The molecule has 0 saturated carbocycles. The Labute approximate surface area is 120 Å². The highest BCUT2D eigenvalue weighted by molar-refractivity contribution is 7.11. The smallest absolute Gasteiger partial charge is 0.335 e. The summed E-state index contributed by atoms with van der Waals surface area (Å²) in [7, 11) is 0. The predicted octanol–water partition coefficient (Wildman–Crippen LogP) is 4.24. The van der Waals surface area contributed by atoms with E-state index in [1.54, 1.807) is 17.4 Å². The minimum atomic E-state index is -1.00. The van der Waals surface area contributed by atoms with Gasteiger partial charge in [0.25, 0.3) is 0 Å². The topological polar surface area (TPSA) is 46.5 Å². The molecule has 19 heavy (non-hydrogen) atoms. The Hall–Kier alpha value is -1.52. The summed E-state index contributed by atoms with van der Waals surface area (Å²) in [5, 5.41) is 9.15. The van der Waals surface area contributed by atoms with Gasteiger partial charge in [-0.05, 0) is 36.8 Å². The molecule has 0 unspecified atom stereocenters. The first-order chi connectivity index (χ1) is 9.10. The maximum atomic E-state index is 10.8. The van der Waals surface area contributed by atoms with Crippen molar-refractivity contribution in [2.45, 2.75) is 20.0 Å². The molecule has 2 rings (SSSR count). The molecule has 1 aromatic carbocycles. The monoisotopic (exact) mass is 296 g/mol. The van der Waals surface area contributed by atoms with Crippen LogP contribution in [0, 0.1) is 0 Å². The Bertz CT molecular complexity index is 592. The maximum absolute atomic E-state index is 10.8. The van der Waals surface area contributed by atoms with E-state index in [9.17, 15) is 4.79 Å². The number of carbonyl (C=O) groups is 1. The lowest BCUT2D eigenvalue weighted by atomic mass is 10.2. The van der Waals surface area contributed by atoms with Gasteiger partial charge >= 0.3 is 5.97 Å². The van der Waals surface area contributed by atoms with Gasteiger partial charge in [-0.25, -0.2) is 4.79 Å². The van der Waals surface area contributed by atoms with Crippen LogP contribution in [0.5, 0.6) is 5.75 Å². The summed E-state index contributed by atoms with van der Waals surface area (Å²) in [5.74, 6) is -0.502. The number of benzene rings is 1. The van der Waals surface area contributed by atoms with E-state index >= 15 is 0 Å². The summed E-state index contributed by atoms with van der Waals surface area (Å²) < 4.78 is 5.60. The van der Waals surface area contributed by atoms with Crippen LogP contribution in [0.1, 0.15) is 27.0 Å². The van der Waals surface area contributed by atoms with E-state index in [4.69, 9.17) is 21.4 Å². The quantitative estimate of drug-likeness (QED) is 0.897. The molecule has 1 aromatic heterocycles. The molecule has 0 aliphatic carbocycles. The third-order valence-electron chi connectivity index (χ3n) is 2.61. The van der Waals surface area contributed by atoms with Gasteiger partial charge in [0.15, 0.2) is 0 Å². The number of carboxylic acids is 1. The van der Waals surface area contributed by atoms with Crippen molar-refractivity contribution in [1.29, 1.82) is 0 Å². The lowest BCUT2D eigenvalue weighted by Crippen LogP contribution is -1.98. The van der Waals surface area contributed by atoms with E-state index in [-0.39, 0.29) is 5.56 Å². The summed E-state index contributed by atoms with van der Waals surface area (Å²) in [6, 6.07) is 8.57. The number of aromatic carboxylic acids is 1. The first-order valence-corrected chi connectivity index (χ1v) is 7.03. The van der Waals surface area contributed by atoms with Crippen molar-refractivity contribution in [3.63, 3.8) is 0 Å². The standard InChI is InChI=1S/C14H13ClO3S/c1-2-10-4-5-11(19-10)8-18-13-6-3-9(14(16)17)7-12(13)15/h3-7H,2,8H2,1H3,(H,16,17). The van der Waals surface area contributed by atoms with Crippen LogP contribution < -0.4 is 4.74 Å². The predicted molar refractivity (Wildman–Crippen MR) is 76.4 cm³/mol. The average Bonchev–Trinajstić information content (AvgIpc) is 2.85. The van der Waals surface area contributed by atoms with Crippen LogP contribution >= 0.6 is 22.9 Å². The number of aryl methyl sites for hydroxylation is 1. The number of ether oxygens (including phenoxy) is 1. The number of carboxylic acid groups (broad SMARTS) is 1.